The summed E-state index contributed by atoms with van der Waals surface area (Å²) in [6.07, 6.45) is 1.04. The van der Waals surface area contributed by atoms with Crippen molar-refractivity contribution in [2.24, 2.45) is 0 Å². The summed E-state index contributed by atoms with van der Waals surface area (Å²) in [7, 11) is 0. The molecule has 0 N–H and O–H groups in total. The Bertz CT molecular complexity index is 688. The topological polar surface area (TPSA) is 23.6 Å². The van der Waals surface area contributed by atoms with E-state index < -0.39 is 0 Å². The quantitative estimate of drug-likeness (QED) is 0.866. The standard InChI is InChI=1S/C20H24N2O/c1-3-17-8-4-5-10-19(17)21-11-13-22(14-12-21)20(23)18-9-6-7-16(2)15-18/h4-10,15H,3,11-14H2,1-2H3. The number of piperazine rings is 1. The van der Waals surface area contributed by atoms with E-state index in [1.165, 1.54) is 11.3 Å². The third kappa shape index (κ3) is 3.39. The van der Waals surface area contributed by atoms with Crippen LogP contribution < -0.4 is 4.90 Å². The van der Waals surface area contributed by atoms with Crippen molar-refractivity contribution in [1.29, 1.82) is 0 Å². The van der Waals surface area contributed by atoms with E-state index in [1.807, 2.05) is 36.1 Å². The van der Waals surface area contributed by atoms with Crippen molar-refractivity contribution in [3.8, 4) is 0 Å². The molecule has 0 atom stereocenters. The number of anilines is 1. The van der Waals surface area contributed by atoms with Crippen molar-refractivity contribution < 1.29 is 4.79 Å². The van der Waals surface area contributed by atoms with Crippen LogP contribution in [0, 0.1) is 6.92 Å². The van der Waals surface area contributed by atoms with Gasteiger partial charge in [0.15, 0.2) is 0 Å². The third-order valence-corrected chi connectivity index (χ3v) is 4.55. The van der Waals surface area contributed by atoms with Crippen molar-refractivity contribution in [2.45, 2.75) is 20.3 Å². The smallest absolute Gasteiger partial charge is 0.253 e. The zero-order valence-electron chi connectivity index (χ0n) is 14.0. The van der Waals surface area contributed by atoms with Crippen LogP contribution in [-0.4, -0.2) is 37.0 Å². The number of carbonyl (C=O) groups is 1. The van der Waals surface area contributed by atoms with Crippen LogP contribution >= 0.6 is 0 Å². The Kier molecular flexibility index (Phi) is 4.65. The van der Waals surface area contributed by atoms with Crippen molar-refractivity contribution in [2.75, 3.05) is 31.1 Å². The Balaban J connectivity index is 1.67. The van der Waals surface area contributed by atoms with Gasteiger partial charge in [-0.2, -0.15) is 0 Å². The molecule has 0 aliphatic carbocycles. The first kappa shape index (κ1) is 15.6. The third-order valence-electron chi connectivity index (χ3n) is 4.55. The minimum atomic E-state index is 0.150. The molecule has 3 nitrogen and oxygen atoms in total. The number of rotatable bonds is 3. The average Bonchev–Trinajstić information content (AvgIpc) is 2.61. The molecule has 0 spiro atoms. The van der Waals surface area contributed by atoms with Crippen LogP contribution in [0.3, 0.4) is 0 Å². The molecule has 2 aromatic carbocycles. The minimum absolute atomic E-state index is 0.150. The molecule has 0 saturated carbocycles. The molecule has 23 heavy (non-hydrogen) atoms. The van der Waals surface area contributed by atoms with E-state index in [0.29, 0.717) is 0 Å². The van der Waals surface area contributed by atoms with Crippen molar-refractivity contribution in [3.63, 3.8) is 0 Å². The number of benzene rings is 2. The van der Waals surface area contributed by atoms with Gasteiger partial charge in [0, 0.05) is 37.4 Å². The Labute approximate surface area is 138 Å². The average molecular weight is 308 g/mol. The molecule has 3 heteroatoms. The SMILES string of the molecule is CCc1ccccc1N1CCN(C(=O)c2cccc(C)c2)CC1. The fourth-order valence-electron chi connectivity index (χ4n) is 3.23. The molecule has 1 aliphatic rings. The molecule has 1 saturated heterocycles. The molecule has 0 aromatic heterocycles. The molecule has 1 fully saturated rings. The summed E-state index contributed by atoms with van der Waals surface area (Å²) >= 11 is 0. The maximum Gasteiger partial charge on any atom is 0.253 e. The van der Waals surface area contributed by atoms with Crippen LogP contribution in [-0.2, 0) is 6.42 Å². The maximum absolute atomic E-state index is 12.6. The summed E-state index contributed by atoms with van der Waals surface area (Å²) in [5, 5.41) is 0. The van der Waals surface area contributed by atoms with Gasteiger partial charge in [-0.25, -0.2) is 0 Å². The highest BCUT2D eigenvalue weighted by atomic mass is 16.2. The lowest BCUT2D eigenvalue weighted by atomic mass is 10.1. The number of aryl methyl sites for hydroxylation is 2. The molecule has 1 aliphatic heterocycles. The van der Waals surface area contributed by atoms with E-state index in [9.17, 15) is 4.79 Å². The minimum Gasteiger partial charge on any atom is -0.368 e. The predicted octanol–water partition coefficient (Wildman–Crippen LogP) is 3.52. The van der Waals surface area contributed by atoms with Gasteiger partial charge in [-0.15, -0.1) is 0 Å². The van der Waals surface area contributed by atoms with E-state index in [4.69, 9.17) is 0 Å². The number of hydrogen-bond acceptors (Lipinski definition) is 2. The van der Waals surface area contributed by atoms with Gasteiger partial charge in [-0.3, -0.25) is 4.79 Å². The lowest BCUT2D eigenvalue weighted by Gasteiger charge is -2.37. The second kappa shape index (κ2) is 6.86. The van der Waals surface area contributed by atoms with Crippen molar-refractivity contribution >= 4 is 11.6 Å². The van der Waals surface area contributed by atoms with Crippen LogP contribution in [0.5, 0.6) is 0 Å². The Morgan fingerprint density at radius 1 is 1.00 bits per heavy atom. The first-order valence-electron chi connectivity index (χ1n) is 8.38. The molecular weight excluding hydrogens is 284 g/mol. The van der Waals surface area contributed by atoms with Gasteiger partial charge in [0.25, 0.3) is 5.91 Å². The molecule has 0 radical (unpaired) electrons. The summed E-state index contributed by atoms with van der Waals surface area (Å²) < 4.78 is 0. The maximum atomic E-state index is 12.6. The molecule has 0 bridgehead atoms. The second-order valence-corrected chi connectivity index (χ2v) is 6.13. The largest absolute Gasteiger partial charge is 0.368 e. The molecule has 3 rings (SSSR count). The lowest BCUT2D eigenvalue weighted by Crippen LogP contribution is -2.49. The van der Waals surface area contributed by atoms with Crippen LogP contribution in [0.2, 0.25) is 0 Å². The molecule has 2 aromatic rings. The number of hydrogen-bond donors (Lipinski definition) is 0. The highest BCUT2D eigenvalue weighted by molar-refractivity contribution is 5.94. The number of amides is 1. The van der Waals surface area contributed by atoms with Gasteiger partial charge in [0.1, 0.15) is 0 Å². The van der Waals surface area contributed by atoms with Gasteiger partial charge < -0.3 is 9.80 Å². The summed E-state index contributed by atoms with van der Waals surface area (Å²) in [4.78, 5) is 17.0. The molecular formula is C20H24N2O. The van der Waals surface area contributed by atoms with E-state index in [0.717, 1.165) is 43.7 Å². The highest BCUT2D eigenvalue weighted by Crippen LogP contribution is 2.22. The van der Waals surface area contributed by atoms with E-state index >= 15 is 0 Å². The van der Waals surface area contributed by atoms with Crippen molar-refractivity contribution in [3.05, 3.63) is 65.2 Å². The van der Waals surface area contributed by atoms with Crippen molar-refractivity contribution in [1.82, 2.24) is 4.90 Å². The molecule has 1 heterocycles. The Morgan fingerprint density at radius 2 is 1.74 bits per heavy atom. The molecule has 1 amide bonds. The van der Waals surface area contributed by atoms with Crippen LogP contribution in [0.4, 0.5) is 5.69 Å². The zero-order valence-corrected chi connectivity index (χ0v) is 14.0. The fourth-order valence-corrected chi connectivity index (χ4v) is 3.23. The normalized spacial score (nSPS) is 14.9. The van der Waals surface area contributed by atoms with Crippen LogP contribution in [0.15, 0.2) is 48.5 Å². The lowest BCUT2D eigenvalue weighted by molar-refractivity contribution is 0.0746. The van der Waals surface area contributed by atoms with Gasteiger partial charge in [-0.05, 0) is 37.1 Å². The monoisotopic (exact) mass is 308 g/mol. The van der Waals surface area contributed by atoms with Gasteiger partial charge >= 0.3 is 0 Å². The Morgan fingerprint density at radius 3 is 2.43 bits per heavy atom. The highest BCUT2D eigenvalue weighted by Gasteiger charge is 2.23. The van der Waals surface area contributed by atoms with Gasteiger partial charge in [-0.1, -0.05) is 42.8 Å². The van der Waals surface area contributed by atoms with E-state index in [2.05, 4.69) is 36.1 Å². The van der Waals surface area contributed by atoms with Gasteiger partial charge in [0.05, 0.1) is 0 Å². The predicted molar refractivity (Wildman–Crippen MR) is 95.1 cm³/mol. The van der Waals surface area contributed by atoms with Crippen LogP contribution in [0.25, 0.3) is 0 Å². The Hall–Kier alpha value is -2.29. The summed E-state index contributed by atoms with van der Waals surface area (Å²) in [6.45, 7) is 7.57. The first-order chi connectivity index (χ1) is 11.2. The first-order valence-corrected chi connectivity index (χ1v) is 8.38. The summed E-state index contributed by atoms with van der Waals surface area (Å²) in [5.74, 6) is 0.150. The number of carbonyl (C=O) groups excluding carboxylic acids is 1. The summed E-state index contributed by atoms with van der Waals surface area (Å²) in [5.41, 5.74) is 4.63. The zero-order chi connectivity index (χ0) is 16.2. The van der Waals surface area contributed by atoms with Crippen LogP contribution in [0.1, 0.15) is 28.4 Å². The fraction of sp³-hybridized carbons (Fsp3) is 0.350. The summed E-state index contributed by atoms with van der Waals surface area (Å²) in [6, 6.07) is 16.4. The van der Waals surface area contributed by atoms with E-state index in [-0.39, 0.29) is 5.91 Å². The number of nitrogens with zero attached hydrogens (tertiary/aromatic N) is 2. The molecule has 0 unspecified atom stereocenters. The molecule has 120 valence electrons. The van der Waals surface area contributed by atoms with E-state index in [1.54, 1.807) is 0 Å². The second-order valence-electron chi connectivity index (χ2n) is 6.13. The number of para-hydroxylation sites is 1. The van der Waals surface area contributed by atoms with Gasteiger partial charge in [0.2, 0.25) is 0 Å².